The number of thiazole rings is 1. The molecule has 0 aliphatic carbocycles. The smallest absolute Gasteiger partial charge is 0.261 e. The first kappa shape index (κ1) is 18.4. The number of hydrogen-bond acceptors (Lipinski definition) is 5. The number of aromatic nitrogens is 2. The van der Waals surface area contributed by atoms with Gasteiger partial charge in [-0.2, -0.15) is 0 Å². The molecule has 3 aromatic rings. The Morgan fingerprint density at radius 1 is 1.35 bits per heavy atom. The van der Waals surface area contributed by atoms with Gasteiger partial charge in [-0.05, 0) is 44.2 Å². The summed E-state index contributed by atoms with van der Waals surface area (Å²) < 4.78 is 5.63. The zero-order valence-electron chi connectivity index (χ0n) is 14.4. The lowest BCUT2D eigenvalue weighted by atomic mass is 10.3. The first-order valence-corrected chi connectivity index (χ1v) is 9.29. The number of pyridine rings is 1. The summed E-state index contributed by atoms with van der Waals surface area (Å²) in [5, 5.41) is 4.36. The molecule has 26 heavy (non-hydrogen) atoms. The highest BCUT2D eigenvalue weighted by atomic mass is 35.5. The van der Waals surface area contributed by atoms with Crippen molar-refractivity contribution in [1.29, 1.82) is 0 Å². The number of nitrogens with one attached hydrogen (secondary N) is 1. The van der Waals surface area contributed by atoms with Crippen molar-refractivity contribution in [3.63, 3.8) is 0 Å². The van der Waals surface area contributed by atoms with Crippen LogP contribution in [-0.2, 0) is 11.3 Å². The second-order valence-electron chi connectivity index (χ2n) is 5.70. The highest BCUT2D eigenvalue weighted by Gasteiger charge is 2.16. The maximum absolute atomic E-state index is 12.3. The molecule has 1 atom stereocenters. The summed E-state index contributed by atoms with van der Waals surface area (Å²) in [7, 11) is 0. The molecule has 1 amide bonds. The van der Waals surface area contributed by atoms with Crippen molar-refractivity contribution >= 4 is 28.8 Å². The lowest BCUT2D eigenvalue weighted by Crippen LogP contribution is -2.35. The van der Waals surface area contributed by atoms with Crippen LogP contribution in [0.2, 0.25) is 5.02 Å². The van der Waals surface area contributed by atoms with E-state index >= 15 is 0 Å². The fourth-order valence-corrected chi connectivity index (χ4v) is 3.49. The van der Waals surface area contributed by atoms with Gasteiger partial charge in [-0.25, -0.2) is 4.98 Å². The molecule has 0 aliphatic rings. The zero-order valence-corrected chi connectivity index (χ0v) is 16.0. The maximum atomic E-state index is 12.3. The summed E-state index contributed by atoms with van der Waals surface area (Å²) in [6.07, 6.45) is 2.88. The molecule has 1 aromatic carbocycles. The lowest BCUT2D eigenvalue weighted by molar-refractivity contribution is -0.127. The number of hydrogen-bond donors (Lipinski definition) is 1. The van der Waals surface area contributed by atoms with Crippen LogP contribution in [0.1, 0.15) is 17.5 Å². The first-order chi connectivity index (χ1) is 12.5. The summed E-state index contributed by atoms with van der Waals surface area (Å²) >= 11 is 7.48. The minimum Gasteiger partial charge on any atom is -0.481 e. The van der Waals surface area contributed by atoms with Crippen molar-refractivity contribution < 1.29 is 9.53 Å². The number of amides is 1. The van der Waals surface area contributed by atoms with Gasteiger partial charge in [0.05, 0.1) is 12.2 Å². The Bertz CT molecular complexity index is 899. The molecule has 2 heterocycles. The van der Waals surface area contributed by atoms with E-state index in [1.165, 1.54) is 0 Å². The van der Waals surface area contributed by atoms with Crippen LogP contribution in [-0.4, -0.2) is 22.0 Å². The molecule has 3 rings (SSSR count). The molecule has 1 N–H and O–H groups in total. The van der Waals surface area contributed by atoms with Gasteiger partial charge >= 0.3 is 0 Å². The van der Waals surface area contributed by atoms with Crippen LogP contribution in [0.25, 0.3) is 10.6 Å². The predicted octanol–water partition coefficient (Wildman–Crippen LogP) is 4.25. The maximum Gasteiger partial charge on any atom is 0.261 e. The number of rotatable bonds is 6. The number of ether oxygens (including phenoxy) is 1. The van der Waals surface area contributed by atoms with Crippen molar-refractivity contribution in [3.8, 4) is 16.3 Å². The molecule has 134 valence electrons. The second-order valence-corrected chi connectivity index (χ2v) is 7.22. The van der Waals surface area contributed by atoms with Crippen LogP contribution in [0.15, 0.2) is 48.8 Å². The molecular weight excluding hydrogens is 370 g/mol. The van der Waals surface area contributed by atoms with Crippen LogP contribution < -0.4 is 10.1 Å². The number of halogens is 1. The van der Waals surface area contributed by atoms with Crippen molar-refractivity contribution in [1.82, 2.24) is 15.3 Å². The Labute approximate surface area is 161 Å². The highest BCUT2D eigenvalue weighted by Crippen LogP contribution is 2.27. The molecular formula is C19H18ClN3O2S. The van der Waals surface area contributed by atoms with Gasteiger partial charge in [-0.3, -0.25) is 9.78 Å². The molecule has 0 radical (unpaired) electrons. The normalized spacial score (nSPS) is 11.8. The van der Waals surface area contributed by atoms with Gasteiger partial charge < -0.3 is 10.1 Å². The van der Waals surface area contributed by atoms with Gasteiger partial charge in [0, 0.05) is 27.9 Å². The fourth-order valence-electron chi connectivity index (χ4n) is 2.31. The molecule has 0 fully saturated rings. The molecule has 2 aromatic heterocycles. The Kier molecular flexibility index (Phi) is 5.85. The number of benzene rings is 1. The van der Waals surface area contributed by atoms with Gasteiger partial charge in [-0.15, -0.1) is 11.3 Å². The van der Waals surface area contributed by atoms with Gasteiger partial charge in [0.2, 0.25) is 0 Å². The van der Waals surface area contributed by atoms with Crippen LogP contribution in [0, 0.1) is 6.92 Å². The van der Waals surface area contributed by atoms with E-state index in [1.54, 1.807) is 54.9 Å². The van der Waals surface area contributed by atoms with Crippen molar-refractivity contribution in [2.24, 2.45) is 0 Å². The van der Waals surface area contributed by atoms with Crippen molar-refractivity contribution in [3.05, 3.63) is 64.4 Å². The molecule has 0 bridgehead atoms. The Hall–Kier alpha value is -2.44. The third kappa shape index (κ3) is 4.59. The van der Waals surface area contributed by atoms with Crippen LogP contribution >= 0.6 is 22.9 Å². The average molecular weight is 388 g/mol. The molecule has 5 nitrogen and oxygen atoms in total. The Balaban J connectivity index is 1.60. The van der Waals surface area contributed by atoms with Crippen LogP contribution in [0.4, 0.5) is 0 Å². The van der Waals surface area contributed by atoms with E-state index in [0.717, 1.165) is 21.1 Å². The van der Waals surface area contributed by atoms with E-state index in [2.05, 4.69) is 15.3 Å². The van der Waals surface area contributed by atoms with Crippen LogP contribution in [0.5, 0.6) is 5.75 Å². The van der Waals surface area contributed by atoms with Crippen molar-refractivity contribution in [2.75, 3.05) is 0 Å². The van der Waals surface area contributed by atoms with Gasteiger partial charge in [0.1, 0.15) is 10.8 Å². The van der Waals surface area contributed by atoms with E-state index in [-0.39, 0.29) is 5.91 Å². The van der Waals surface area contributed by atoms with E-state index in [1.807, 2.05) is 19.1 Å². The minimum atomic E-state index is -0.625. The SMILES string of the molecule is Cc1nc(-c2cccnc2)sc1CNC(=O)C(C)Oc1cccc(Cl)c1. The highest BCUT2D eigenvalue weighted by molar-refractivity contribution is 7.15. The predicted molar refractivity (Wildman–Crippen MR) is 103 cm³/mol. The molecule has 7 heteroatoms. The molecule has 0 aliphatic heterocycles. The quantitative estimate of drug-likeness (QED) is 0.686. The van der Waals surface area contributed by atoms with E-state index in [4.69, 9.17) is 16.3 Å². The average Bonchev–Trinajstić information content (AvgIpc) is 3.01. The summed E-state index contributed by atoms with van der Waals surface area (Å²) in [5.74, 6) is 0.369. The molecule has 0 spiro atoms. The van der Waals surface area contributed by atoms with Gasteiger partial charge in [0.25, 0.3) is 5.91 Å². The number of carbonyl (C=O) groups excluding carboxylic acids is 1. The summed E-state index contributed by atoms with van der Waals surface area (Å²) in [5.41, 5.74) is 1.87. The standard InChI is InChI=1S/C19H18ClN3O2S/c1-12-17(26-19(23-12)14-5-4-8-21-10-14)11-22-18(24)13(2)25-16-7-3-6-15(20)9-16/h3-10,13H,11H2,1-2H3,(H,22,24). The number of aryl methyl sites for hydroxylation is 1. The molecule has 1 unspecified atom stereocenters. The fraction of sp³-hybridized carbons (Fsp3) is 0.211. The largest absolute Gasteiger partial charge is 0.481 e. The van der Waals surface area contributed by atoms with E-state index in [9.17, 15) is 4.79 Å². The Morgan fingerprint density at radius 2 is 2.19 bits per heavy atom. The lowest BCUT2D eigenvalue weighted by Gasteiger charge is -2.14. The number of carbonyl (C=O) groups is 1. The van der Waals surface area contributed by atoms with E-state index < -0.39 is 6.10 Å². The second kappa shape index (κ2) is 8.29. The topological polar surface area (TPSA) is 64.1 Å². The third-order valence-electron chi connectivity index (χ3n) is 3.70. The first-order valence-electron chi connectivity index (χ1n) is 8.09. The summed E-state index contributed by atoms with van der Waals surface area (Å²) in [6.45, 7) is 4.05. The Morgan fingerprint density at radius 3 is 2.92 bits per heavy atom. The van der Waals surface area contributed by atoms with E-state index in [0.29, 0.717) is 17.3 Å². The number of nitrogens with zero attached hydrogens (tertiary/aromatic N) is 2. The summed E-state index contributed by atoms with van der Waals surface area (Å²) in [6, 6.07) is 10.8. The summed E-state index contributed by atoms with van der Waals surface area (Å²) in [4.78, 5) is 22.0. The molecule has 0 saturated heterocycles. The van der Waals surface area contributed by atoms with Gasteiger partial charge in [-0.1, -0.05) is 17.7 Å². The minimum absolute atomic E-state index is 0.194. The molecule has 0 saturated carbocycles. The van der Waals surface area contributed by atoms with Crippen molar-refractivity contribution in [2.45, 2.75) is 26.5 Å². The van der Waals surface area contributed by atoms with Crippen LogP contribution in [0.3, 0.4) is 0 Å². The zero-order chi connectivity index (χ0) is 18.5. The monoisotopic (exact) mass is 387 g/mol. The third-order valence-corrected chi connectivity index (χ3v) is 5.14. The van der Waals surface area contributed by atoms with Gasteiger partial charge in [0.15, 0.2) is 6.10 Å².